The Morgan fingerprint density at radius 1 is 1.29 bits per heavy atom. The standard InChI is InChI=1S/C27H39N3O4/c1-18(26(33)30(4)16-8-15-28)21-11-13-27(3)14-12-22(19(2)24(27)25(21)32)29-23(31)17-34-20-9-6-5-7-10-20/h5-7,9-10,18-19,21-22,24-25,32H,8,11-14,16-17H2,1-4H3,(H,29,31)/t18-,19-,21+,22-,24+,25-,27+/m0/s1. The first kappa shape index (κ1) is 26.0. The zero-order valence-electron chi connectivity index (χ0n) is 20.9. The average molecular weight is 470 g/mol. The van der Waals surface area contributed by atoms with E-state index in [0.29, 0.717) is 18.7 Å². The predicted molar refractivity (Wildman–Crippen MR) is 130 cm³/mol. The molecule has 7 atom stereocenters. The summed E-state index contributed by atoms with van der Waals surface area (Å²) < 4.78 is 5.59. The monoisotopic (exact) mass is 469 g/mol. The average Bonchev–Trinajstić information content (AvgIpc) is 2.83. The van der Waals surface area contributed by atoms with E-state index in [9.17, 15) is 14.7 Å². The Kier molecular flexibility index (Phi) is 8.59. The van der Waals surface area contributed by atoms with E-state index in [1.165, 1.54) is 0 Å². The van der Waals surface area contributed by atoms with Gasteiger partial charge in [-0.2, -0.15) is 5.26 Å². The Labute approximate surface area is 203 Å². The number of ether oxygens (including phenoxy) is 1. The van der Waals surface area contributed by atoms with Crippen LogP contribution in [0.3, 0.4) is 0 Å². The summed E-state index contributed by atoms with van der Waals surface area (Å²) in [5, 5.41) is 23.5. The molecule has 0 unspecified atom stereocenters. The number of rotatable bonds is 8. The molecule has 34 heavy (non-hydrogen) atoms. The predicted octanol–water partition coefficient (Wildman–Crippen LogP) is 3.38. The maximum Gasteiger partial charge on any atom is 0.258 e. The molecule has 2 aliphatic carbocycles. The van der Waals surface area contributed by atoms with E-state index in [2.05, 4.69) is 25.2 Å². The smallest absolute Gasteiger partial charge is 0.258 e. The molecule has 2 fully saturated rings. The van der Waals surface area contributed by atoms with Crippen molar-refractivity contribution in [3.8, 4) is 11.8 Å². The van der Waals surface area contributed by atoms with E-state index in [-0.39, 0.29) is 53.5 Å². The third-order valence-corrected chi connectivity index (χ3v) is 8.31. The quantitative estimate of drug-likeness (QED) is 0.608. The van der Waals surface area contributed by atoms with Crippen molar-refractivity contribution in [2.45, 2.75) is 65.0 Å². The highest BCUT2D eigenvalue weighted by atomic mass is 16.5. The molecule has 2 amide bonds. The number of amides is 2. The number of benzene rings is 1. The fourth-order valence-electron chi connectivity index (χ4n) is 6.27. The summed E-state index contributed by atoms with van der Waals surface area (Å²) in [6.07, 6.45) is 3.25. The molecule has 7 nitrogen and oxygen atoms in total. The lowest BCUT2D eigenvalue weighted by Crippen LogP contribution is -2.59. The lowest BCUT2D eigenvalue weighted by Gasteiger charge is -2.56. The molecule has 7 heteroatoms. The molecule has 0 aromatic heterocycles. The van der Waals surface area contributed by atoms with E-state index in [4.69, 9.17) is 10.00 Å². The molecule has 0 saturated heterocycles. The first-order valence-electron chi connectivity index (χ1n) is 12.4. The first-order valence-corrected chi connectivity index (χ1v) is 12.4. The lowest BCUT2D eigenvalue weighted by atomic mass is 9.51. The molecule has 0 heterocycles. The normalized spacial score (nSPS) is 31.5. The van der Waals surface area contributed by atoms with Crippen molar-refractivity contribution in [3.05, 3.63) is 30.3 Å². The number of carbonyl (C=O) groups is 2. The third kappa shape index (κ3) is 5.72. The van der Waals surface area contributed by atoms with Crippen molar-refractivity contribution in [3.63, 3.8) is 0 Å². The van der Waals surface area contributed by atoms with Gasteiger partial charge in [-0.1, -0.05) is 39.0 Å². The number of nitrogens with zero attached hydrogens (tertiary/aromatic N) is 2. The molecule has 2 N–H and O–H groups in total. The highest BCUT2D eigenvalue weighted by molar-refractivity contribution is 5.79. The number of aliphatic hydroxyl groups excluding tert-OH is 1. The molecule has 186 valence electrons. The number of para-hydroxylation sites is 1. The topological polar surface area (TPSA) is 103 Å². The molecule has 0 bridgehead atoms. The Morgan fingerprint density at radius 2 is 1.97 bits per heavy atom. The summed E-state index contributed by atoms with van der Waals surface area (Å²) in [6, 6.07) is 11.3. The van der Waals surface area contributed by atoms with Crippen LogP contribution in [0.2, 0.25) is 0 Å². The van der Waals surface area contributed by atoms with Crippen molar-refractivity contribution < 1.29 is 19.4 Å². The number of nitriles is 1. The molecule has 3 rings (SSSR count). The van der Waals surface area contributed by atoms with Crippen molar-refractivity contribution in [2.75, 3.05) is 20.2 Å². The van der Waals surface area contributed by atoms with Gasteiger partial charge in [0.2, 0.25) is 5.91 Å². The fraction of sp³-hybridized carbons (Fsp3) is 0.667. The van der Waals surface area contributed by atoms with Gasteiger partial charge in [-0.15, -0.1) is 0 Å². The zero-order chi connectivity index (χ0) is 24.9. The van der Waals surface area contributed by atoms with E-state index in [1.54, 1.807) is 11.9 Å². The maximum absolute atomic E-state index is 12.9. The van der Waals surface area contributed by atoms with Gasteiger partial charge in [-0.05, 0) is 61.0 Å². The van der Waals surface area contributed by atoms with Crippen molar-refractivity contribution in [1.29, 1.82) is 5.26 Å². The highest BCUT2D eigenvalue weighted by Gasteiger charge is 2.54. The number of carbonyl (C=O) groups excluding carboxylic acids is 2. The summed E-state index contributed by atoms with van der Waals surface area (Å²) in [5.41, 5.74) is -0.00736. The Hall–Kier alpha value is -2.59. The van der Waals surface area contributed by atoms with Crippen LogP contribution in [0.5, 0.6) is 5.75 Å². The maximum atomic E-state index is 12.9. The minimum atomic E-state index is -0.614. The first-order chi connectivity index (χ1) is 16.2. The number of hydrogen-bond donors (Lipinski definition) is 2. The van der Waals surface area contributed by atoms with Gasteiger partial charge in [-0.3, -0.25) is 9.59 Å². The second-order valence-electron chi connectivity index (χ2n) is 10.5. The highest BCUT2D eigenvalue weighted by Crippen LogP contribution is 2.55. The van der Waals surface area contributed by atoms with Crippen molar-refractivity contribution in [1.82, 2.24) is 10.2 Å². The van der Waals surface area contributed by atoms with Gasteiger partial charge in [-0.25, -0.2) is 0 Å². The minimum Gasteiger partial charge on any atom is -0.484 e. The molecule has 0 spiro atoms. The van der Waals surface area contributed by atoms with Crippen LogP contribution < -0.4 is 10.1 Å². The summed E-state index contributed by atoms with van der Waals surface area (Å²) in [6.45, 7) is 6.62. The van der Waals surface area contributed by atoms with Crippen LogP contribution in [0.4, 0.5) is 0 Å². The summed E-state index contributed by atoms with van der Waals surface area (Å²) in [7, 11) is 1.72. The van der Waals surface area contributed by atoms with E-state index >= 15 is 0 Å². The Bertz CT molecular complexity index is 886. The number of fused-ring (bicyclic) bond motifs is 1. The van der Waals surface area contributed by atoms with Crippen LogP contribution in [0.1, 0.15) is 52.9 Å². The van der Waals surface area contributed by atoms with Gasteiger partial charge in [0.25, 0.3) is 5.91 Å². The van der Waals surface area contributed by atoms with Gasteiger partial charge in [0.1, 0.15) is 5.75 Å². The van der Waals surface area contributed by atoms with Crippen LogP contribution in [-0.2, 0) is 9.59 Å². The molecule has 2 aliphatic rings. The Morgan fingerprint density at radius 3 is 2.65 bits per heavy atom. The lowest BCUT2D eigenvalue weighted by molar-refractivity contribution is -0.150. The number of hydrogen-bond acceptors (Lipinski definition) is 5. The van der Waals surface area contributed by atoms with Gasteiger partial charge >= 0.3 is 0 Å². The number of aliphatic hydroxyl groups is 1. The van der Waals surface area contributed by atoms with Gasteiger partial charge in [0, 0.05) is 25.6 Å². The second-order valence-corrected chi connectivity index (χ2v) is 10.5. The van der Waals surface area contributed by atoms with Gasteiger partial charge < -0.3 is 20.1 Å². The van der Waals surface area contributed by atoms with Gasteiger partial charge in [0.15, 0.2) is 6.61 Å². The van der Waals surface area contributed by atoms with E-state index < -0.39 is 6.10 Å². The SMILES string of the molecule is C[C@@H]1[C@@H]2[C@@H](O)[C@@H]([C@H](C)C(=O)N(C)CCC#N)CC[C@]2(C)CC[C@@H]1NC(=O)COc1ccccc1. The van der Waals surface area contributed by atoms with Crippen molar-refractivity contribution in [2.24, 2.45) is 29.1 Å². The summed E-state index contributed by atoms with van der Waals surface area (Å²) in [5.74, 6) is 0.114. The van der Waals surface area contributed by atoms with Crippen LogP contribution >= 0.6 is 0 Å². The molecule has 0 aliphatic heterocycles. The largest absolute Gasteiger partial charge is 0.484 e. The Balaban J connectivity index is 1.64. The van der Waals surface area contributed by atoms with Crippen molar-refractivity contribution >= 4 is 11.8 Å². The van der Waals surface area contributed by atoms with E-state index in [1.807, 2.05) is 37.3 Å². The summed E-state index contributed by atoms with van der Waals surface area (Å²) in [4.78, 5) is 27.2. The molecule has 2 saturated carbocycles. The van der Waals surface area contributed by atoms with Gasteiger partial charge in [0.05, 0.1) is 18.6 Å². The van der Waals surface area contributed by atoms with Crippen LogP contribution in [-0.4, -0.2) is 54.2 Å². The summed E-state index contributed by atoms with van der Waals surface area (Å²) >= 11 is 0. The third-order valence-electron chi connectivity index (χ3n) is 8.31. The van der Waals surface area contributed by atoms with Crippen LogP contribution in [0.25, 0.3) is 0 Å². The van der Waals surface area contributed by atoms with E-state index in [0.717, 1.165) is 25.7 Å². The minimum absolute atomic E-state index is 0.00000584. The van der Waals surface area contributed by atoms with Crippen LogP contribution in [0, 0.1) is 40.4 Å². The number of nitrogens with one attached hydrogen (secondary N) is 1. The molecule has 1 aromatic carbocycles. The fourth-order valence-corrected chi connectivity index (χ4v) is 6.27. The second kappa shape index (κ2) is 11.2. The zero-order valence-corrected chi connectivity index (χ0v) is 20.9. The molecule has 1 aromatic rings. The molecule has 0 radical (unpaired) electrons. The molecular weight excluding hydrogens is 430 g/mol. The molecular formula is C27H39N3O4. The van der Waals surface area contributed by atoms with Crippen LogP contribution in [0.15, 0.2) is 30.3 Å².